The maximum atomic E-state index is 12.9. The van der Waals surface area contributed by atoms with Crippen molar-refractivity contribution in [3.05, 3.63) is 70.3 Å². The number of benzene rings is 2. The van der Waals surface area contributed by atoms with E-state index in [4.69, 9.17) is 9.15 Å². The highest BCUT2D eigenvalue weighted by atomic mass is 79.9. The van der Waals surface area contributed by atoms with Crippen molar-refractivity contribution >= 4 is 22.2 Å². The van der Waals surface area contributed by atoms with E-state index in [9.17, 15) is 9.18 Å². The first-order chi connectivity index (χ1) is 11.2. The predicted octanol–water partition coefficient (Wildman–Crippen LogP) is 4.63. The number of aromatic nitrogens is 1. The van der Waals surface area contributed by atoms with Gasteiger partial charge in [-0.3, -0.25) is 4.79 Å². The minimum absolute atomic E-state index is 0.160. The van der Waals surface area contributed by atoms with Crippen molar-refractivity contribution in [3.8, 4) is 17.2 Å². The summed E-state index contributed by atoms with van der Waals surface area (Å²) in [6.45, 7) is 0.160. The number of hydrogen-bond donors (Lipinski definition) is 0. The Kier molecular flexibility index (Phi) is 4.52. The van der Waals surface area contributed by atoms with Gasteiger partial charge in [-0.2, -0.15) is 0 Å². The van der Waals surface area contributed by atoms with E-state index in [0.29, 0.717) is 28.5 Å². The zero-order valence-electron chi connectivity index (χ0n) is 11.8. The minimum atomic E-state index is -0.319. The third kappa shape index (κ3) is 3.65. The number of aldehydes is 1. The van der Waals surface area contributed by atoms with Crippen molar-refractivity contribution in [2.45, 2.75) is 6.61 Å². The number of carbonyl (C=O) groups is 1. The lowest BCUT2D eigenvalue weighted by molar-refractivity contribution is 0.111. The lowest BCUT2D eigenvalue weighted by Gasteiger charge is -2.06. The van der Waals surface area contributed by atoms with E-state index < -0.39 is 0 Å². The second-order valence-corrected chi connectivity index (χ2v) is 5.66. The fraction of sp³-hybridized carbons (Fsp3) is 0.0588. The van der Waals surface area contributed by atoms with Crippen LogP contribution in [-0.2, 0) is 6.61 Å². The van der Waals surface area contributed by atoms with Gasteiger partial charge in [-0.25, -0.2) is 9.37 Å². The van der Waals surface area contributed by atoms with Crippen LogP contribution in [0.15, 0.2) is 57.6 Å². The van der Waals surface area contributed by atoms with Gasteiger partial charge in [0, 0.05) is 10.0 Å². The van der Waals surface area contributed by atoms with Gasteiger partial charge in [0.2, 0.25) is 5.89 Å². The van der Waals surface area contributed by atoms with Crippen molar-refractivity contribution in [2.24, 2.45) is 0 Å². The maximum absolute atomic E-state index is 12.9. The van der Waals surface area contributed by atoms with Gasteiger partial charge in [-0.05, 0) is 42.5 Å². The predicted molar refractivity (Wildman–Crippen MR) is 85.8 cm³/mol. The molecule has 0 unspecified atom stereocenters. The van der Waals surface area contributed by atoms with Crippen LogP contribution in [0, 0.1) is 5.82 Å². The molecule has 116 valence electrons. The lowest BCUT2D eigenvalue weighted by atomic mass is 10.2. The zero-order chi connectivity index (χ0) is 16.2. The van der Waals surface area contributed by atoms with Gasteiger partial charge in [0.25, 0.3) is 0 Å². The largest absolute Gasteiger partial charge is 0.486 e. The third-order valence-corrected chi connectivity index (χ3v) is 3.61. The first-order valence-corrected chi connectivity index (χ1v) is 7.53. The molecular weight excluding hydrogens is 365 g/mol. The zero-order valence-corrected chi connectivity index (χ0v) is 13.4. The number of oxazole rings is 1. The molecule has 0 amide bonds. The molecule has 23 heavy (non-hydrogen) atoms. The van der Waals surface area contributed by atoms with E-state index in [1.807, 2.05) is 0 Å². The smallest absolute Gasteiger partial charge is 0.226 e. The Bertz CT molecular complexity index is 830. The summed E-state index contributed by atoms with van der Waals surface area (Å²) in [6.07, 6.45) is 2.20. The highest BCUT2D eigenvalue weighted by Crippen LogP contribution is 2.23. The van der Waals surface area contributed by atoms with Crippen LogP contribution in [0.25, 0.3) is 11.5 Å². The number of rotatable bonds is 5. The molecule has 0 aliphatic rings. The van der Waals surface area contributed by atoms with Gasteiger partial charge in [-0.1, -0.05) is 15.9 Å². The summed E-state index contributed by atoms with van der Waals surface area (Å²) in [5, 5.41) is 0. The number of nitrogens with zero attached hydrogens (tertiary/aromatic N) is 1. The van der Waals surface area contributed by atoms with Crippen LogP contribution in [-0.4, -0.2) is 11.3 Å². The second-order valence-electron chi connectivity index (χ2n) is 4.74. The van der Waals surface area contributed by atoms with Crippen LogP contribution >= 0.6 is 15.9 Å². The van der Waals surface area contributed by atoms with E-state index in [-0.39, 0.29) is 12.4 Å². The lowest BCUT2D eigenvalue weighted by Crippen LogP contribution is -1.98. The summed E-state index contributed by atoms with van der Waals surface area (Å²) in [6, 6.07) is 11.0. The maximum Gasteiger partial charge on any atom is 0.226 e. The fourth-order valence-corrected chi connectivity index (χ4v) is 2.37. The molecule has 0 N–H and O–H groups in total. The molecule has 0 aliphatic heterocycles. The Hall–Kier alpha value is -2.47. The van der Waals surface area contributed by atoms with Crippen LogP contribution in [0.1, 0.15) is 16.1 Å². The Labute approximate surface area is 140 Å². The Morgan fingerprint density at radius 3 is 2.74 bits per heavy atom. The molecular formula is C17H11BrFNO3. The van der Waals surface area contributed by atoms with E-state index in [1.54, 1.807) is 30.3 Å². The molecule has 1 heterocycles. The summed E-state index contributed by atoms with van der Waals surface area (Å²) in [5.41, 5.74) is 1.69. The number of carbonyl (C=O) groups excluding carboxylic acids is 1. The first-order valence-electron chi connectivity index (χ1n) is 6.73. The minimum Gasteiger partial charge on any atom is -0.486 e. The quantitative estimate of drug-likeness (QED) is 0.609. The average molecular weight is 376 g/mol. The van der Waals surface area contributed by atoms with Gasteiger partial charge < -0.3 is 9.15 Å². The highest BCUT2D eigenvalue weighted by Gasteiger charge is 2.09. The Morgan fingerprint density at radius 2 is 2.00 bits per heavy atom. The van der Waals surface area contributed by atoms with Gasteiger partial charge in [-0.15, -0.1) is 0 Å². The highest BCUT2D eigenvalue weighted by molar-refractivity contribution is 9.10. The molecule has 0 spiro atoms. The van der Waals surface area contributed by atoms with E-state index >= 15 is 0 Å². The van der Waals surface area contributed by atoms with Crippen LogP contribution in [0.5, 0.6) is 5.75 Å². The topological polar surface area (TPSA) is 52.3 Å². The first kappa shape index (κ1) is 15.4. The number of ether oxygens (including phenoxy) is 1. The Balaban J connectivity index is 1.72. The van der Waals surface area contributed by atoms with Gasteiger partial charge in [0.05, 0.1) is 5.56 Å². The SMILES string of the molecule is O=Cc1cc(Br)ccc1OCc1coc(-c2ccc(F)cc2)n1. The molecule has 0 saturated carbocycles. The second kappa shape index (κ2) is 6.75. The summed E-state index contributed by atoms with van der Waals surface area (Å²) in [5.74, 6) is 0.532. The number of halogens is 2. The summed E-state index contributed by atoms with van der Waals surface area (Å²) < 4.78 is 24.7. The monoisotopic (exact) mass is 375 g/mol. The Morgan fingerprint density at radius 1 is 1.22 bits per heavy atom. The molecule has 0 radical (unpaired) electrons. The molecule has 0 atom stereocenters. The fourth-order valence-electron chi connectivity index (χ4n) is 1.99. The van der Waals surface area contributed by atoms with Crippen molar-refractivity contribution < 1.29 is 18.3 Å². The van der Waals surface area contributed by atoms with E-state index in [1.165, 1.54) is 18.4 Å². The molecule has 4 nitrogen and oxygen atoms in total. The number of hydrogen-bond acceptors (Lipinski definition) is 4. The third-order valence-electron chi connectivity index (χ3n) is 3.12. The molecule has 3 rings (SSSR count). The van der Waals surface area contributed by atoms with Crippen molar-refractivity contribution in [3.63, 3.8) is 0 Å². The van der Waals surface area contributed by atoms with Gasteiger partial charge in [0.1, 0.15) is 30.1 Å². The van der Waals surface area contributed by atoms with Gasteiger partial charge in [0.15, 0.2) is 6.29 Å². The van der Waals surface area contributed by atoms with Crippen molar-refractivity contribution in [1.29, 1.82) is 0 Å². The average Bonchev–Trinajstić information content (AvgIpc) is 3.03. The normalized spacial score (nSPS) is 10.5. The van der Waals surface area contributed by atoms with Crippen LogP contribution in [0.3, 0.4) is 0 Å². The molecule has 0 bridgehead atoms. The molecule has 3 aromatic rings. The molecule has 6 heteroatoms. The summed E-state index contributed by atoms with van der Waals surface area (Å²) in [4.78, 5) is 15.3. The van der Waals surface area contributed by atoms with E-state index in [2.05, 4.69) is 20.9 Å². The molecule has 0 aliphatic carbocycles. The van der Waals surface area contributed by atoms with Crippen molar-refractivity contribution in [2.75, 3.05) is 0 Å². The molecule has 1 aromatic heterocycles. The van der Waals surface area contributed by atoms with Crippen LogP contribution in [0.4, 0.5) is 4.39 Å². The van der Waals surface area contributed by atoms with Gasteiger partial charge >= 0.3 is 0 Å². The summed E-state index contributed by atoms with van der Waals surface area (Å²) in [7, 11) is 0. The van der Waals surface area contributed by atoms with Crippen LogP contribution in [0.2, 0.25) is 0 Å². The molecule has 0 saturated heterocycles. The standard InChI is InChI=1S/C17H11BrFNO3/c18-13-3-6-16(12(7-13)8-21)22-9-15-10-23-17(20-15)11-1-4-14(19)5-2-11/h1-8,10H,9H2. The van der Waals surface area contributed by atoms with E-state index in [0.717, 1.165) is 10.8 Å². The van der Waals surface area contributed by atoms with Crippen molar-refractivity contribution in [1.82, 2.24) is 4.98 Å². The van der Waals surface area contributed by atoms with Crippen LogP contribution < -0.4 is 4.74 Å². The summed E-state index contributed by atoms with van der Waals surface area (Å²) >= 11 is 3.30. The molecule has 0 fully saturated rings. The molecule has 2 aromatic carbocycles.